The summed E-state index contributed by atoms with van der Waals surface area (Å²) in [5.41, 5.74) is 1.71. The van der Waals surface area contributed by atoms with Crippen LogP contribution in [0.5, 0.6) is 0 Å². The van der Waals surface area contributed by atoms with Gasteiger partial charge in [-0.25, -0.2) is 4.39 Å². The monoisotopic (exact) mass is 310 g/mol. The van der Waals surface area contributed by atoms with E-state index >= 15 is 0 Å². The van der Waals surface area contributed by atoms with Crippen molar-refractivity contribution >= 4 is 22.9 Å². The molecule has 2 aromatic rings. The standard InChI is InChI=1S/C15H16ClFN2S/c16-12-2-1-3-13(17)14(12)15(11-4-9-20-10-11)19-7-5-18-6-8-19/h1-4,9-10,15,18H,5-8H2/t15-/m1/s1. The summed E-state index contributed by atoms with van der Waals surface area (Å²) in [5.74, 6) is -0.229. The third-order valence-corrected chi connectivity index (χ3v) is 4.68. The normalized spacial score (nSPS) is 18.1. The highest BCUT2D eigenvalue weighted by Gasteiger charge is 2.28. The van der Waals surface area contributed by atoms with Crippen LogP contribution < -0.4 is 5.32 Å². The van der Waals surface area contributed by atoms with E-state index in [0.717, 1.165) is 31.7 Å². The maximum absolute atomic E-state index is 14.3. The average Bonchev–Trinajstić information content (AvgIpc) is 2.98. The SMILES string of the molecule is Fc1cccc(Cl)c1[C@@H](c1ccsc1)N1CCNCC1. The minimum Gasteiger partial charge on any atom is -0.314 e. The van der Waals surface area contributed by atoms with Crippen molar-refractivity contribution in [3.05, 3.63) is 57.0 Å². The van der Waals surface area contributed by atoms with Gasteiger partial charge in [0.1, 0.15) is 5.82 Å². The number of halogens is 2. The number of hydrogen-bond acceptors (Lipinski definition) is 3. The van der Waals surface area contributed by atoms with Gasteiger partial charge in [0.15, 0.2) is 0 Å². The zero-order valence-corrected chi connectivity index (χ0v) is 12.6. The number of benzene rings is 1. The van der Waals surface area contributed by atoms with Crippen molar-refractivity contribution < 1.29 is 4.39 Å². The molecule has 2 nitrogen and oxygen atoms in total. The first kappa shape index (κ1) is 14.0. The maximum Gasteiger partial charge on any atom is 0.129 e. The second-order valence-corrected chi connectivity index (χ2v) is 6.07. The van der Waals surface area contributed by atoms with Gasteiger partial charge in [0.25, 0.3) is 0 Å². The minimum atomic E-state index is -0.229. The van der Waals surface area contributed by atoms with E-state index in [1.807, 2.05) is 5.38 Å². The van der Waals surface area contributed by atoms with Crippen LogP contribution in [-0.2, 0) is 0 Å². The highest BCUT2D eigenvalue weighted by atomic mass is 35.5. The Balaban J connectivity index is 2.05. The summed E-state index contributed by atoms with van der Waals surface area (Å²) in [6.45, 7) is 3.63. The van der Waals surface area contributed by atoms with Gasteiger partial charge in [-0.05, 0) is 34.5 Å². The Morgan fingerprint density at radius 3 is 2.70 bits per heavy atom. The van der Waals surface area contributed by atoms with Crippen molar-refractivity contribution in [2.24, 2.45) is 0 Å². The van der Waals surface area contributed by atoms with Crippen LogP contribution >= 0.6 is 22.9 Å². The molecule has 1 aromatic heterocycles. The van der Waals surface area contributed by atoms with Gasteiger partial charge in [0.2, 0.25) is 0 Å². The molecular weight excluding hydrogens is 295 g/mol. The molecule has 3 rings (SSSR count). The predicted octanol–water partition coefficient (Wildman–Crippen LogP) is 3.54. The molecular formula is C15H16ClFN2S. The molecule has 1 aromatic carbocycles. The fourth-order valence-electron chi connectivity index (χ4n) is 2.70. The van der Waals surface area contributed by atoms with Crippen LogP contribution in [0.25, 0.3) is 0 Å². The van der Waals surface area contributed by atoms with Crippen LogP contribution in [0.1, 0.15) is 17.2 Å². The zero-order valence-electron chi connectivity index (χ0n) is 11.0. The van der Waals surface area contributed by atoms with Gasteiger partial charge >= 0.3 is 0 Å². The van der Waals surface area contributed by atoms with Crippen LogP contribution in [0.15, 0.2) is 35.0 Å². The molecule has 1 N–H and O–H groups in total. The van der Waals surface area contributed by atoms with E-state index in [1.54, 1.807) is 23.5 Å². The predicted molar refractivity (Wildman–Crippen MR) is 82.0 cm³/mol. The third-order valence-electron chi connectivity index (χ3n) is 3.65. The first-order valence-electron chi connectivity index (χ1n) is 6.68. The Kier molecular flexibility index (Phi) is 4.36. The Labute approximate surface area is 127 Å². The summed E-state index contributed by atoms with van der Waals surface area (Å²) in [5, 5.41) is 7.94. The van der Waals surface area contributed by atoms with Crippen LogP contribution in [-0.4, -0.2) is 31.1 Å². The number of hydrogen-bond donors (Lipinski definition) is 1. The van der Waals surface area contributed by atoms with Crippen molar-refractivity contribution in [3.63, 3.8) is 0 Å². The molecule has 1 aliphatic heterocycles. The summed E-state index contributed by atoms with van der Waals surface area (Å²) >= 11 is 7.91. The Morgan fingerprint density at radius 1 is 1.25 bits per heavy atom. The first-order chi connectivity index (χ1) is 9.77. The van der Waals surface area contributed by atoms with Crippen molar-refractivity contribution in [1.29, 1.82) is 0 Å². The molecule has 0 aliphatic carbocycles. The summed E-state index contributed by atoms with van der Waals surface area (Å²) < 4.78 is 14.3. The van der Waals surface area contributed by atoms with E-state index in [1.165, 1.54) is 6.07 Å². The lowest BCUT2D eigenvalue weighted by Gasteiger charge is -2.35. The fourth-order valence-corrected chi connectivity index (χ4v) is 3.65. The number of nitrogens with one attached hydrogen (secondary N) is 1. The van der Waals surface area contributed by atoms with Crippen molar-refractivity contribution in [1.82, 2.24) is 10.2 Å². The number of nitrogens with zero attached hydrogens (tertiary/aromatic N) is 1. The summed E-state index contributed by atoms with van der Waals surface area (Å²) in [4.78, 5) is 2.29. The van der Waals surface area contributed by atoms with Gasteiger partial charge < -0.3 is 5.32 Å². The molecule has 0 unspecified atom stereocenters. The van der Waals surface area contributed by atoms with Gasteiger partial charge in [-0.15, -0.1) is 0 Å². The first-order valence-corrected chi connectivity index (χ1v) is 8.00. The van der Waals surface area contributed by atoms with Crippen LogP contribution in [0.3, 0.4) is 0 Å². The highest BCUT2D eigenvalue weighted by molar-refractivity contribution is 7.08. The number of piperazine rings is 1. The molecule has 1 atom stereocenters. The molecule has 20 heavy (non-hydrogen) atoms. The van der Waals surface area contributed by atoms with Gasteiger partial charge in [0, 0.05) is 36.8 Å². The van der Waals surface area contributed by atoms with E-state index in [-0.39, 0.29) is 11.9 Å². The molecule has 2 heterocycles. The number of rotatable bonds is 3. The average molecular weight is 311 g/mol. The van der Waals surface area contributed by atoms with Crippen LogP contribution in [0, 0.1) is 5.82 Å². The minimum absolute atomic E-state index is 0.1000. The fraction of sp³-hybridized carbons (Fsp3) is 0.333. The summed E-state index contributed by atoms with van der Waals surface area (Å²) in [7, 11) is 0. The molecule has 106 valence electrons. The molecule has 1 fully saturated rings. The largest absolute Gasteiger partial charge is 0.314 e. The Hall–Kier alpha value is -0.940. The quantitative estimate of drug-likeness (QED) is 0.933. The lowest BCUT2D eigenvalue weighted by Crippen LogP contribution is -2.45. The van der Waals surface area contributed by atoms with E-state index in [0.29, 0.717) is 10.6 Å². The molecule has 0 radical (unpaired) electrons. The summed E-state index contributed by atoms with van der Waals surface area (Å²) in [6, 6.07) is 6.87. The topological polar surface area (TPSA) is 15.3 Å². The molecule has 0 saturated carbocycles. The van der Waals surface area contributed by atoms with E-state index in [2.05, 4.69) is 21.7 Å². The van der Waals surface area contributed by atoms with E-state index in [4.69, 9.17) is 11.6 Å². The molecule has 1 aliphatic rings. The van der Waals surface area contributed by atoms with Crippen LogP contribution in [0.2, 0.25) is 5.02 Å². The molecule has 0 spiro atoms. The number of thiophene rings is 1. The van der Waals surface area contributed by atoms with Gasteiger partial charge in [-0.1, -0.05) is 17.7 Å². The van der Waals surface area contributed by atoms with Gasteiger partial charge in [-0.2, -0.15) is 11.3 Å². The molecule has 1 saturated heterocycles. The lowest BCUT2D eigenvalue weighted by molar-refractivity contribution is 0.196. The van der Waals surface area contributed by atoms with Crippen molar-refractivity contribution in [2.45, 2.75) is 6.04 Å². The van der Waals surface area contributed by atoms with Crippen LogP contribution in [0.4, 0.5) is 4.39 Å². The smallest absolute Gasteiger partial charge is 0.129 e. The highest BCUT2D eigenvalue weighted by Crippen LogP contribution is 2.36. The maximum atomic E-state index is 14.3. The van der Waals surface area contributed by atoms with Gasteiger partial charge in [0.05, 0.1) is 6.04 Å². The lowest BCUT2D eigenvalue weighted by atomic mass is 9.98. The van der Waals surface area contributed by atoms with Crippen molar-refractivity contribution in [3.8, 4) is 0 Å². The van der Waals surface area contributed by atoms with Gasteiger partial charge in [-0.3, -0.25) is 4.90 Å². The Bertz CT molecular complexity index is 547. The van der Waals surface area contributed by atoms with E-state index < -0.39 is 0 Å². The molecule has 0 amide bonds. The second-order valence-electron chi connectivity index (χ2n) is 4.88. The molecule has 0 bridgehead atoms. The molecule has 5 heteroatoms. The van der Waals surface area contributed by atoms with E-state index in [9.17, 15) is 4.39 Å². The Morgan fingerprint density at radius 2 is 2.05 bits per heavy atom. The summed E-state index contributed by atoms with van der Waals surface area (Å²) in [6.07, 6.45) is 0. The van der Waals surface area contributed by atoms with Crippen molar-refractivity contribution in [2.75, 3.05) is 26.2 Å². The zero-order chi connectivity index (χ0) is 13.9. The second kappa shape index (κ2) is 6.22. The third kappa shape index (κ3) is 2.74.